The van der Waals surface area contributed by atoms with Gasteiger partial charge in [0.2, 0.25) is 0 Å². The van der Waals surface area contributed by atoms with Gasteiger partial charge in [-0.3, -0.25) is 9.69 Å². The van der Waals surface area contributed by atoms with E-state index in [0.717, 1.165) is 50.6 Å². The summed E-state index contributed by atoms with van der Waals surface area (Å²) in [6, 6.07) is 11.3. The summed E-state index contributed by atoms with van der Waals surface area (Å²) >= 11 is 0. The van der Waals surface area contributed by atoms with E-state index in [9.17, 15) is 4.79 Å². The summed E-state index contributed by atoms with van der Waals surface area (Å²) in [7, 11) is 0. The van der Waals surface area contributed by atoms with Crippen LogP contribution in [-0.4, -0.2) is 60.4 Å². The molecule has 0 bridgehead atoms. The Morgan fingerprint density at radius 2 is 1.86 bits per heavy atom. The third-order valence-corrected chi connectivity index (χ3v) is 4.72. The molecule has 2 N–H and O–H groups in total. The Hall–Kier alpha value is -2.51. The molecule has 150 valence electrons. The number of nitrogens with one attached hydrogen (secondary N) is 2. The van der Waals surface area contributed by atoms with Gasteiger partial charge in [-0.05, 0) is 29.2 Å². The molecule has 3 rings (SSSR count). The van der Waals surface area contributed by atoms with Crippen LogP contribution in [-0.2, 0) is 10.2 Å². The molecule has 0 atom stereocenters. The summed E-state index contributed by atoms with van der Waals surface area (Å²) in [6.07, 6.45) is 0. The quantitative estimate of drug-likeness (QED) is 0.799. The lowest BCUT2D eigenvalue weighted by Gasteiger charge is -2.26. The lowest BCUT2D eigenvalue weighted by molar-refractivity contribution is 0.0398. The van der Waals surface area contributed by atoms with Crippen molar-refractivity contribution in [3.63, 3.8) is 0 Å². The summed E-state index contributed by atoms with van der Waals surface area (Å²) in [5.74, 6) is 0.406. The van der Waals surface area contributed by atoms with E-state index in [0.29, 0.717) is 11.5 Å². The van der Waals surface area contributed by atoms with E-state index in [2.05, 4.69) is 46.5 Å². The van der Waals surface area contributed by atoms with E-state index in [-0.39, 0.29) is 11.3 Å². The first-order valence-corrected chi connectivity index (χ1v) is 9.72. The number of carbonyl (C=O) groups is 1. The van der Waals surface area contributed by atoms with Crippen LogP contribution in [0.15, 0.2) is 36.4 Å². The number of hydrogen-bond acceptors (Lipinski definition) is 6. The molecular weight excluding hydrogens is 354 g/mol. The molecule has 28 heavy (non-hydrogen) atoms. The van der Waals surface area contributed by atoms with Crippen molar-refractivity contribution in [3.05, 3.63) is 47.7 Å². The lowest BCUT2D eigenvalue weighted by Crippen LogP contribution is -2.39. The van der Waals surface area contributed by atoms with Crippen molar-refractivity contribution in [2.75, 3.05) is 50.0 Å². The van der Waals surface area contributed by atoms with Gasteiger partial charge in [0.25, 0.3) is 5.91 Å². The standard InChI is InChI=1S/C21H29N5O2/c1-21(2,3)16-6-4-5-7-17(16)23-20(27)18-8-9-19(25-24-18)22-10-11-26-12-14-28-15-13-26/h4-9H,10-15H2,1-3H3,(H,22,25)(H,23,27). The summed E-state index contributed by atoms with van der Waals surface area (Å²) in [4.78, 5) is 14.9. The number of aromatic nitrogens is 2. The number of amides is 1. The minimum Gasteiger partial charge on any atom is -0.379 e. The van der Waals surface area contributed by atoms with Crippen LogP contribution in [0.5, 0.6) is 0 Å². The van der Waals surface area contributed by atoms with Crippen LogP contribution < -0.4 is 10.6 Å². The molecule has 0 spiro atoms. The maximum Gasteiger partial charge on any atom is 0.276 e. The maximum absolute atomic E-state index is 12.6. The minimum atomic E-state index is -0.260. The van der Waals surface area contributed by atoms with E-state index in [4.69, 9.17) is 4.74 Å². The maximum atomic E-state index is 12.6. The van der Waals surface area contributed by atoms with Crippen molar-refractivity contribution in [1.29, 1.82) is 0 Å². The highest BCUT2D eigenvalue weighted by Gasteiger charge is 2.19. The second-order valence-corrected chi connectivity index (χ2v) is 7.93. The number of benzene rings is 1. The first-order valence-electron chi connectivity index (χ1n) is 9.72. The molecule has 1 aromatic carbocycles. The number of morpholine rings is 1. The summed E-state index contributed by atoms with van der Waals surface area (Å²) in [5, 5.41) is 14.4. The van der Waals surface area contributed by atoms with Crippen molar-refractivity contribution < 1.29 is 9.53 Å². The van der Waals surface area contributed by atoms with Crippen molar-refractivity contribution in [2.24, 2.45) is 0 Å². The zero-order chi connectivity index (χ0) is 20.0. The molecular formula is C21H29N5O2. The second-order valence-electron chi connectivity index (χ2n) is 7.93. The Balaban J connectivity index is 1.55. The molecule has 1 aromatic heterocycles. The molecule has 0 unspecified atom stereocenters. The van der Waals surface area contributed by atoms with Gasteiger partial charge in [-0.1, -0.05) is 39.0 Å². The highest BCUT2D eigenvalue weighted by Crippen LogP contribution is 2.29. The zero-order valence-electron chi connectivity index (χ0n) is 16.9. The van der Waals surface area contributed by atoms with Crippen LogP contribution in [0.3, 0.4) is 0 Å². The highest BCUT2D eigenvalue weighted by atomic mass is 16.5. The molecule has 0 radical (unpaired) electrons. The fourth-order valence-electron chi connectivity index (χ4n) is 3.15. The highest BCUT2D eigenvalue weighted by molar-refractivity contribution is 6.03. The van der Waals surface area contributed by atoms with Crippen LogP contribution in [0.1, 0.15) is 36.8 Å². The average Bonchev–Trinajstić information content (AvgIpc) is 2.69. The number of rotatable bonds is 6. The number of hydrogen-bond donors (Lipinski definition) is 2. The van der Waals surface area contributed by atoms with Gasteiger partial charge in [-0.2, -0.15) is 0 Å². The Morgan fingerprint density at radius 1 is 1.11 bits per heavy atom. The van der Waals surface area contributed by atoms with Gasteiger partial charge in [-0.15, -0.1) is 10.2 Å². The molecule has 2 aromatic rings. The number of nitrogens with zero attached hydrogens (tertiary/aromatic N) is 3. The Kier molecular flexibility index (Phi) is 6.59. The van der Waals surface area contributed by atoms with Gasteiger partial charge in [0.05, 0.1) is 13.2 Å². The van der Waals surface area contributed by atoms with E-state index < -0.39 is 0 Å². The van der Waals surface area contributed by atoms with E-state index in [1.165, 1.54) is 0 Å². The SMILES string of the molecule is CC(C)(C)c1ccccc1NC(=O)c1ccc(NCCN2CCOCC2)nn1. The van der Waals surface area contributed by atoms with Crippen LogP contribution in [0, 0.1) is 0 Å². The van der Waals surface area contributed by atoms with Crippen molar-refractivity contribution in [3.8, 4) is 0 Å². The lowest BCUT2D eigenvalue weighted by atomic mass is 9.86. The van der Waals surface area contributed by atoms with Gasteiger partial charge in [0.1, 0.15) is 5.82 Å². The molecule has 1 fully saturated rings. The monoisotopic (exact) mass is 383 g/mol. The van der Waals surface area contributed by atoms with Gasteiger partial charge in [0.15, 0.2) is 5.69 Å². The summed E-state index contributed by atoms with van der Waals surface area (Å²) < 4.78 is 5.35. The average molecular weight is 383 g/mol. The number of ether oxygens (including phenoxy) is 1. The minimum absolute atomic E-state index is 0.0657. The Bertz CT molecular complexity index is 780. The third kappa shape index (κ3) is 5.50. The molecule has 0 aliphatic carbocycles. The molecule has 7 nitrogen and oxygen atoms in total. The van der Waals surface area contributed by atoms with Crippen LogP contribution in [0.4, 0.5) is 11.5 Å². The van der Waals surface area contributed by atoms with E-state index >= 15 is 0 Å². The number of para-hydroxylation sites is 1. The van der Waals surface area contributed by atoms with E-state index in [1.807, 2.05) is 24.3 Å². The molecule has 7 heteroatoms. The van der Waals surface area contributed by atoms with Crippen LogP contribution >= 0.6 is 0 Å². The van der Waals surface area contributed by atoms with Gasteiger partial charge >= 0.3 is 0 Å². The first kappa shape index (κ1) is 20.2. The third-order valence-electron chi connectivity index (χ3n) is 4.72. The predicted molar refractivity (Wildman–Crippen MR) is 111 cm³/mol. The summed E-state index contributed by atoms with van der Waals surface area (Å²) in [6.45, 7) is 11.6. The van der Waals surface area contributed by atoms with Gasteiger partial charge in [0, 0.05) is 31.9 Å². The smallest absolute Gasteiger partial charge is 0.276 e. The van der Waals surface area contributed by atoms with E-state index in [1.54, 1.807) is 12.1 Å². The number of anilines is 2. The first-order chi connectivity index (χ1) is 13.4. The van der Waals surface area contributed by atoms with Crippen LogP contribution in [0.2, 0.25) is 0 Å². The largest absolute Gasteiger partial charge is 0.379 e. The summed E-state index contributed by atoms with van der Waals surface area (Å²) in [5.41, 5.74) is 2.11. The van der Waals surface area contributed by atoms with Crippen LogP contribution in [0.25, 0.3) is 0 Å². The van der Waals surface area contributed by atoms with Crippen molar-refractivity contribution in [2.45, 2.75) is 26.2 Å². The molecule has 1 amide bonds. The topological polar surface area (TPSA) is 79.4 Å². The van der Waals surface area contributed by atoms with Crippen molar-refractivity contribution >= 4 is 17.4 Å². The normalized spacial score (nSPS) is 15.2. The zero-order valence-corrected chi connectivity index (χ0v) is 16.9. The molecule has 1 aliphatic heterocycles. The fraction of sp³-hybridized carbons (Fsp3) is 0.476. The van der Waals surface area contributed by atoms with Gasteiger partial charge in [-0.25, -0.2) is 0 Å². The predicted octanol–water partition coefficient (Wildman–Crippen LogP) is 2.77. The fourth-order valence-corrected chi connectivity index (χ4v) is 3.15. The number of carbonyl (C=O) groups excluding carboxylic acids is 1. The molecule has 0 saturated carbocycles. The Labute approximate surface area is 166 Å². The Morgan fingerprint density at radius 3 is 2.54 bits per heavy atom. The molecule has 1 aliphatic rings. The molecule has 2 heterocycles. The van der Waals surface area contributed by atoms with Gasteiger partial charge < -0.3 is 15.4 Å². The van der Waals surface area contributed by atoms with Crippen molar-refractivity contribution in [1.82, 2.24) is 15.1 Å². The molecule has 1 saturated heterocycles. The second kappa shape index (κ2) is 9.12.